The van der Waals surface area contributed by atoms with Crippen molar-refractivity contribution in [1.82, 2.24) is 0 Å². The van der Waals surface area contributed by atoms with Gasteiger partial charge in [0, 0.05) is 0 Å². The van der Waals surface area contributed by atoms with Crippen LogP contribution in [0.2, 0.25) is 0 Å². The van der Waals surface area contributed by atoms with Gasteiger partial charge in [-0.1, -0.05) is 0 Å². The van der Waals surface area contributed by atoms with E-state index in [2.05, 4.69) is 0 Å². The predicted molar refractivity (Wildman–Crippen MR) is 8.29 cm³/mol. The molecule has 0 bridgehead atoms. The fourth-order valence-electron chi connectivity index (χ4n) is 0. The second-order valence-corrected chi connectivity index (χ2v) is 2.27. The Morgan fingerprint density at radius 3 is 1.50 bits per heavy atom. The van der Waals surface area contributed by atoms with Crippen LogP contribution in [0.1, 0.15) is 0 Å². The Kier molecular flexibility index (Phi) is 2.10. The van der Waals surface area contributed by atoms with E-state index in [4.69, 9.17) is 9.13 Å². The monoisotopic (exact) mass is 169 g/mol. The van der Waals surface area contributed by atoms with Gasteiger partial charge in [0.15, 0.2) is 0 Å². The van der Waals surface area contributed by atoms with E-state index in [1.54, 1.807) is 0 Å². The predicted octanol–water partition coefficient (Wildman–Crippen LogP) is 0.621. The van der Waals surface area contributed by atoms with E-state index in [1.807, 2.05) is 18.7 Å². The van der Waals surface area contributed by atoms with Gasteiger partial charge in [0.1, 0.15) is 0 Å². The summed E-state index contributed by atoms with van der Waals surface area (Å²) in [6, 6.07) is 0. The Morgan fingerprint density at radius 2 is 1.50 bits per heavy atom. The molecule has 0 spiro atoms. The maximum absolute atomic E-state index is 8.97. The van der Waals surface area contributed by atoms with Gasteiger partial charge in [-0.2, -0.15) is 0 Å². The minimum atomic E-state index is -2.27. The second-order valence-electron chi connectivity index (χ2n) is 0.190. The summed E-state index contributed by atoms with van der Waals surface area (Å²) in [5.74, 6) is -2.27. The summed E-state index contributed by atoms with van der Waals surface area (Å²) in [5.41, 5.74) is 0. The summed E-state index contributed by atoms with van der Waals surface area (Å²) < 4.78 is 17.9. The first-order chi connectivity index (χ1) is 1.73. The van der Waals surface area contributed by atoms with E-state index < -0.39 is 5.87 Å². The van der Waals surface area contributed by atoms with Crippen LogP contribution < -0.4 is 0 Å². The Balaban J connectivity index is 3.51. The van der Waals surface area contributed by atoms with Crippen LogP contribution in [0.3, 0.4) is 0 Å². The average Bonchev–Trinajstić information content (AvgIpc) is 0.811. The first-order valence-electron chi connectivity index (χ1n) is 0.507. The molecule has 0 radical (unpaired) electrons. The Morgan fingerprint density at radius 1 is 1.50 bits per heavy atom. The Hall–Kier alpha value is 0.562. The van der Waals surface area contributed by atoms with Crippen molar-refractivity contribution in [2.45, 2.75) is 0 Å². The molecule has 0 amide bonds. The fraction of sp³-hybridized carbons (Fsp3) is 0. The summed E-state index contributed by atoms with van der Waals surface area (Å²) in [6.07, 6.45) is 0. The molecule has 0 saturated heterocycles. The molecule has 0 fully saturated rings. The maximum atomic E-state index is 8.97. The van der Waals surface area contributed by atoms with Crippen LogP contribution in [-0.4, -0.2) is 0 Å². The van der Waals surface area contributed by atoms with Crippen molar-refractivity contribution < 1.29 is 27.8 Å². The van der Waals surface area contributed by atoms with E-state index in [0.717, 1.165) is 0 Å². The van der Waals surface area contributed by atoms with Crippen molar-refractivity contribution in [3.8, 4) is 0 Å². The van der Waals surface area contributed by atoms with Crippen molar-refractivity contribution in [3.05, 3.63) is 0 Å². The molecule has 0 aliphatic heterocycles. The van der Waals surface area contributed by atoms with Crippen molar-refractivity contribution in [1.29, 1.82) is 0 Å². The molecule has 0 heterocycles. The van der Waals surface area contributed by atoms with Gasteiger partial charge in [-0.25, -0.2) is 0 Å². The zero-order valence-corrected chi connectivity index (χ0v) is 4.03. The Labute approximate surface area is 34.3 Å². The SMILES string of the molecule is O=[P](=O)[Pd]. The van der Waals surface area contributed by atoms with Crippen LogP contribution in [-0.2, 0) is 27.8 Å². The number of rotatable bonds is 0. The number of hydrogen-bond donors (Lipinski definition) is 0. The molecule has 0 aliphatic rings. The molecular weight excluding hydrogens is 169 g/mol. The molecule has 4 heteroatoms. The van der Waals surface area contributed by atoms with Gasteiger partial charge in [-0.3, -0.25) is 0 Å². The van der Waals surface area contributed by atoms with E-state index in [9.17, 15) is 0 Å². The van der Waals surface area contributed by atoms with Crippen molar-refractivity contribution in [3.63, 3.8) is 0 Å². The first-order valence-corrected chi connectivity index (χ1v) is 3.61. The van der Waals surface area contributed by atoms with Crippen molar-refractivity contribution >= 4 is 5.87 Å². The van der Waals surface area contributed by atoms with E-state index >= 15 is 0 Å². The zero-order valence-electron chi connectivity index (χ0n) is 1.58. The fourth-order valence-corrected chi connectivity index (χ4v) is 0. The standard InChI is InChI=1S/O2P.Pd/c1-3-2;. The van der Waals surface area contributed by atoms with Gasteiger partial charge in [-0.15, -0.1) is 0 Å². The van der Waals surface area contributed by atoms with E-state index in [0.29, 0.717) is 0 Å². The molecule has 0 N–H and O–H groups in total. The first kappa shape index (κ1) is 4.56. The molecule has 0 aromatic heterocycles. The molecule has 0 unspecified atom stereocenters. The van der Waals surface area contributed by atoms with E-state index in [1.165, 1.54) is 0 Å². The van der Waals surface area contributed by atoms with Crippen LogP contribution in [0.25, 0.3) is 0 Å². The van der Waals surface area contributed by atoms with Crippen LogP contribution in [0.4, 0.5) is 0 Å². The van der Waals surface area contributed by atoms with Crippen LogP contribution >= 0.6 is 5.87 Å². The minimum absolute atomic E-state index is 2.00. The third-order valence-corrected chi connectivity index (χ3v) is 0. The molecule has 0 aliphatic carbocycles. The zero-order chi connectivity index (χ0) is 3.58. The van der Waals surface area contributed by atoms with Gasteiger partial charge in [-0.05, 0) is 0 Å². The van der Waals surface area contributed by atoms with Gasteiger partial charge in [0.05, 0.1) is 0 Å². The van der Waals surface area contributed by atoms with Gasteiger partial charge < -0.3 is 0 Å². The molecule has 27 valence electrons. The number of hydrogen-bond acceptors (Lipinski definition) is 2. The Bertz CT molecular complexity index is 54.4. The molecule has 0 atom stereocenters. The van der Waals surface area contributed by atoms with Gasteiger partial charge >= 0.3 is 33.7 Å². The summed E-state index contributed by atoms with van der Waals surface area (Å²) in [4.78, 5) is 0. The summed E-state index contributed by atoms with van der Waals surface area (Å²) >= 11 is 2.00. The van der Waals surface area contributed by atoms with Crippen LogP contribution in [0.5, 0.6) is 0 Å². The van der Waals surface area contributed by atoms with Crippen molar-refractivity contribution in [2.24, 2.45) is 0 Å². The van der Waals surface area contributed by atoms with Crippen LogP contribution in [0.15, 0.2) is 0 Å². The van der Waals surface area contributed by atoms with E-state index in [-0.39, 0.29) is 0 Å². The average molecular weight is 169 g/mol. The molecule has 0 saturated carbocycles. The molecule has 0 rings (SSSR count). The second kappa shape index (κ2) is 1.84. The summed E-state index contributed by atoms with van der Waals surface area (Å²) in [5, 5.41) is 0. The van der Waals surface area contributed by atoms with Crippen molar-refractivity contribution in [2.75, 3.05) is 0 Å². The molecule has 4 heavy (non-hydrogen) atoms. The molecular formula is O2PPd. The molecule has 0 aromatic carbocycles. The summed E-state index contributed by atoms with van der Waals surface area (Å²) in [6.45, 7) is 0. The third-order valence-electron chi connectivity index (χ3n) is 0. The van der Waals surface area contributed by atoms with Crippen LogP contribution in [0, 0.1) is 0 Å². The third kappa shape index (κ3) is 19.8. The normalized spacial score (nSPS) is 6.50. The molecule has 2 nitrogen and oxygen atoms in total. The summed E-state index contributed by atoms with van der Waals surface area (Å²) in [7, 11) is 0. The molecule has 0 aromatic rings. The quantitative estimate of drug-likeness (QED) is 0.393. The van der Waals surface area contributed by atoms with Gasteiger partial charge in [0.2, 0.25) is 0 Å². The topological polar surface area (TPSA) is 34.1 Å². The van der Waals surface area contributed by atoms with Gasteiger partial charge in [0.25, 0.3) is 0 Å².